The molecule has 0 aliphatic carbocycles. The number of likely N-dealkylation sites (tertiary alicyclic amines) is 2. The number of aliphatic imine (C=N–C) groups is 1. The number of ether oxygens (including phenoxy) is 1. The molecule has 1 aromatic rings. The predicted molar refractivity (Wildman–Crippen MR) is 128 cm³/mol. The second-order valence-electron chi connectivity index (χ2n) is 7.65. The van der Waals surface area contributed by atoms with Crippen molar-refractivity contribution >= 4 is 41.8 Å². The maximum atomic E-state index is 11.9. The summed E-state index contributed by atoms with van der Waals surface area (Å²) in [5.74, 6) is 1.02. The van der Waals surface area contributed by atoms with Crippen molar-refractivity contribution < 1.29 is 14.3 Å². The molecular weight excluding hydrogens is 495 g/mol. The largest absolute Gasteiger partial charge is 0.466 e. The van der Waals surface area contributed by atoms with Crippen LogP contribution in [-0.4, -0.2) is 60.9 Å². The van der Waals surface area contributed by atoms with E-state index in [2.05, 4.69) is 33.4 Å². The third-order valence-corrected chi connectivity index (χ3v) is 5.61. The van der Waals surface area contributed by atoms with Gasteiger partial charge in [0.15, 0.2) is 5.96 Å². The Kier molecular flexibility index (Phi) is 9.87. The van der Waals surface area contributed by atoms with Crippen molar-refractivity contribution in [1.82, 2.24) is 15.1 Å². The average Bonchev–Trinajstić information content (AvgIpc) is 3.14. The van der Waals surface area contributed by atoms with Gasteiger partial charge in [0, 0.05) is 46.2 Å². The molecule has 2 aliphatic rings. The van der Waals surface area contributed by atoms with E-state index in [9.17, 15) is 9.59 Å². The van der Waals surface area contributed by atoms with Gasteiger partial charge in [-0.05, 0) is 37.3 Å². The van der Waals surface area contributed by atoms with E-state index in [-0.39, 0.29) is 41.8 Å². The molecule has 1 N–H and O–H groups in total. The smallest absolute Gasteiger partial charge is 0.309 e. The third kappa shape index (κ3) is 6.58. The molecule has 1 amide bonds. The summed E-state index contributed by atoms with van der Waals surface area (Å²) >= 11 is 0. The van der Waals surface area contributed by atoms with Crippen molar-refractivity contribution in [1.29, 1.82) is 0 Å². The van der Waals surface area contributed by atoms with Gasteiger partial charge >= 0.3 is 5.97 Å². The number of carbonyl (C=O) groups excluding carboxylic acids is 2. The number of carbonyl (C=O) groups is 2. The Bertz CT molecular complexity index is 748. The summed E-state index contributed by atoms with van der Waals surface area (Å²) in [6.45, 7) is 6.08. The molecule has 0 unspecified atom stereocenters. The van der Waals surface area contributed by atoms with Crippen LogP contribution in [0.3, 0.4) is 0 Å². The van der Waals surface area contributed by atoms with E-state index in [1.54, 1.807) is 7.05 Å². The van der Waals surface area contributed by atoms with Crippen LogP contribution < -0.4 is 5.32 Å². The highest BCUT2D eigenvalue weighted by atomic mass is 127. The lowest BCUT2D eigenvalue weighted by Gasteiger charge is -2.33. The van der Waals surface area contributed by atoms with Crippen molar-refractivity contribution in [2.24, 2.45) is 10.9 Å². The molecule has 0 radical (unpaired) electrons. The van der Waals surface area contributed by atoms with Crippen LogP contribution in [0.25, 0.3) is 0 Å². The SMILES string of the molecule is CCOC(=O)C1CCN(C(=NC)NCc2cccc(CN3CCCC3=O)c2)CC1.I. The molecule has 7 nitrogen and oxygen atoms in total. The molecular formula is C22H33IN4O3. The van der Waals surface area contributed by atoms with Crippen LogP contribution >= 0.6 is 24.0 Å². The molecule has 2 aliphatic heterocycles. The van der Waals surface area contributed by atoms with Gasteiger partial charge in [-0.1, -0.05) is 24.3 Å². The minimum Gasteiger partial charge on any atom is -0.466 e. The number of amides is 1. The molecule has 0 atom stereocenters. The van der Waals surface area contributed by atoms with Crippen LogP contribution in [0.5, 0.6) is 0 Å². The summed E-state index contributed by atoms with van der Waals surface area (Å²) in [4.78, 5) is 32.3. The van der Waals surface area contributed by atoms with E-state index < -0.39 is 0 Å². The van der Waals surface area contributed by atoms with Crippen LogP contribution in [0.2, 0.25) is 0 Å². The summed E-state index contributed by atoms with van der Waals surface area (Å²) in [5.41, 5.74) is 2.32. The Morgan fingerprint density at radius 2 is 1.97 bits per heavy atom. The number of benzene rings is 1. The highest BCUT2D eigenvalue weighted by molar-refractivity contribution is 14.0. The first kappa shape index (κ1) is 24.4. The number of piperidine rings is 1. The Labute approximate surface area is 196 Å². The van der Waals surface area contributed by atoms with Gasteiger partial charge in [0.25, 0.3) is 0 Å². The van der Waals surface area contributed by atoms with E-state index in [0.717, 1.165) is 56.0 Å². The van der Waals surface area contributed by atoms with E-state index >= 15 is 0 Å². The van der Waals surface area contributed by atoms with Crippen LogP contribution in [0, 0.1) is 5.92 Å². The van der Waals surface area contributed by atoms with Crippen molar-refractivity contribution in [2.75, 3.05) is 33.3 Å². The Morgan fingerprint density at radius 1 is 1.23 bits per heavy atom. The van der Waals surface area contributed by atoms with E-state index in [1.165, 1.54) is 0 Å². The number of guanidine groups is 1. The highest BCUT2D eigenvalue weighted by Gasteiger charge is 2.27. The lowest BCUT2D eigenvalue weighted by Crippen LogP contribution is -2.46. The zero-order valence-electron chi connectivity index (χ0n) is 17.9. The van der Waals surface area contributed by atoms with Gasteiger partial charge in [0.05, 0.1) is 12.5 Å². The molecule has 30 heavy (non-hydrogen) atoms. The van der Waals surface area contributed by atoms with Crippen molar-refractivity contribution in [3.05, 3.63) is 35.4 Å². The minimum absolute atomic E-state index is 0. The first-order chi connectivity index (χ1) is 14.1. The lowest BCUT2D eigenvalue weighted by molar-refractivity contribution is -0.149. The Morgan fingerprint density at radius 3 is 2.60 bits per heavy atom. The Balaban J connectivity index is 0.00000320. The van der Waals surface area contributed by atoms with E-state index in [0.29, 0.717) is 26.1 Å². The molecule has 2 fully saturated rings. The standard InChI is InChI=1S/C22H32N4O3.HI/c1-3-29-21(28)19-9-12-25(13-10-19)22(23-2)24-15-17-6-4-7-18(14-17)16-26-11-5-8-20(26)27;/h4,6-7,14,19H,3,5,8-13,15-16H2,1-2H3,(H,23,24);1H. The van der Waals surface area contributed by atoms with Crippen LogP contribution in [-0.2, 0) is 27.4 Å². The molecule has 0 spiro atoms. The molecule has 3 rings (SSSR count). The normalized spacial score (nSPS) is 17.7. The molecule has 8 heteroatoms. The average molecular weight is 528 g/mol. The summed E-state index contributed by atoms with van der Waals surface area (Å²) in [7, 11) is 1.79. The van der Waals surface area contributed by atoms with Crippen molar-refractivity contribution in [3.63, 3.8) is 0 Å². The number of hydrogen-bond acceptors (Lipinski definition) is 4. The molecule has 2 heterocycles. The number of esters is 1. The van der Waals surface area contributed by atoms with Gasteiger partial charge in [0.2, 0.25) is 5.91 Å². The zero-order chi connectivity index (χ0) is 20.6. The van der Waals surface area contributed by atoms with Crippen molar-refractivity contribution in [2.45, 2.75) is 45.7 Å². The van der Waals surface area contributed by atoms with E-state index in [4.69, 9.17) is 4.74 Å². The second kappa shape index (κ2) is 12.1. The third-order valence-electron chi connectivity index (χ3n) is 5.61. The van der Waals surface area contributed by atoms with E-state index in [1.807, 2.05) is 17.9 Å². The van der Waals surface area contributed by atoms with Crippen LogP contribution in [0.15, 0.2) is 29.3 Å². The number of halogens is 1. The number of nitrogens with zero attached hydrogens (tertiary/aromatic N) is 3. The quantitative estimate of drug-likeness (QED) is 0.266. The van der Waals surface area contributed by atoms with Crippen LogP contribution in [0.1, 0.15) is 43.7 Å². The molecule has 0 aromatic heterocycles. The number of hydrogen-bond donors (Lipinski definition) is 1. The Hall–Kier alpha value is -1.84. The summed E-state index contributed by atoms with van der Waals surface area (Å²) in [5, 5.41) is 3.43. The number of rotatable bonds is 6. The molecule has 0 saturated carbocycles. The first-order valence-corrected chi connectivity index (χ1v) is 10.6. The number of nitrogens with one attached hydrogen (secondary N) is 1. The van der Waals surface area contributed by atoms with Gasteiger partial charge in [-0.15, -0.1) is 24.0 Å². The molecule has 0 bridgehead atoms. The van der Waals surface area contributed by atoms with Gasteiger partial charge < -0.3 is 19.9 Å². The summed E-state index contributed by atoms with van der Waals surface area (Å²) in [6, 6.07) is 8.35. The zero-order valence-corrected chi connectivity index (χ0v) is 20.3. The summed E-state index contributed by atoms with van der Waals surface area (Å²) in [6.07, 6.45) is 3.21. The summed E-state index contributed by atoms with van der Waals surface area (Å²) < 4.78 is 5.15. The topological polar surface area (TPSA) is 74.2 Å². The maximum absolute atomic E-state index is 11.9. The fraction of sp³-hybridized carbons (Fsp3) is 0.591. The first-order valence-electron chi connectivity index (χ1n) is 10.6. The fourth-order valence-corrected chi connectivity index (χ4v) is 4.03. The monoisotopic (exact) mass is 528 g/mol. The molecule has 166 valence electrons. The van der Waals surface area contributed by atoms with Crippen molar-refractivity contribution in [3.8, 4) is 0 Å². The lowest BCUT2D eigenvalue weighted by atomic mass is 9.97. The second-order valence-corrected chi connectivity index (χ2v) is 7.65. The van der Waals surface area contributed by atoms with Crippen LogP contribution in [0.4, 0.5) is 0 Å². The maximum Gasteiger partial charge on any atom is 0.309 e. The van der Waals surface area contributed by atoms with Gasteiger partial charge in [0.1, 0.15) is 0 Å². The molecule has 2 saturated heterocycles. The van der Waals surface area contributed by atoms with Gasteiger partial charge in [-0.25, -0.2) is 0 Å². The molecule has 1 aromatic carbocycles. The van der Waals surface area contributed by atoms with Gasteiger partial charge in [-0.2, -0.15) is 0 Å². The van der Waals surface area contributed by atoms with Gasteiger partial charge in [-0.3, -0.25) is 14.6 Å². The highest BCUT2D eigenvalue weighted by Crippen LogP contribution is 2.19. The minimum atomic E-state index is -0.0802. The predicted octanol–water partition coefficient (Wildman–Crippen LogP) is 2.78. The fourth-order valence-electron chi connectivity index (χ4n) is 4.03.